The number of ether oxygens (including phenoxy) is 2. The molecule has 0 radical (unpaired) electrons. The van der Waals surface area contributed by atoms with Gasteiger partial charge in [0.25, 0.3) is 0 Å². The Morgan fingerprint density at radius 3 is 1.15 bits per heavy atom. The second kappa shape index (κ2) is 27.6. The second-order valence-corrected chi connectivity index (χ2v) is 5.84. The average Bonchev–Trinajstić information content (AvgIpc) is 3.74. The van der Waals surface area contributed by atoms with E-state index in [4.69, 9.17) is 9.47 Å². The first-order valence-electron chi connectivity index (χ1n) is 10.0. The zero-order valence-electron chi connectivity index (χ0n) is 20.3. The van der Waals surface area contributed by atoms with Crippen molar-refractivity contribution in [2.75, 3.05) is 13.2 Å². The SMILES string of the molecule is O.O=C([O-])COc1cccc(OCC(=O)[O-])c1.[Ni+2].[OH3+].c1c[nH]cn1.c1c[nH]cn1.c1c[nH]cn1.c1c[nH]cn1. The maximum Gasteiger partial charge on any atom is 2.00 e. The molecule has 0 aliphatic carbocycles. The maximum atomic E-state index is 10.1. The predicted molar refractivity (Wildman–Crippen MR) is 130 cm³/mol. The molecule has 17 heteroatoms. The van der Waals surface area contributed by atoms with Crippen molar-refractivity contribution in [3.05, 3.63) is 99.1 Å². The van der Waals surface area contributed by atoms with Crippen LogP contribution in [-0.2, 0) is 31.6 Å². The predicted octanol–water partition coefficient (Wildman–Crippen LogP) is -2.17. The molecule has 9 N–H and O–H groups in total. The molecule has 16 nitrogen and oxygen atoms in total. The van der Waals surface area contributed by atoms with Crippen molar-refractivity contribution in [3.63, 3.8) is 0 Å². The number of nitrogens with one attached hydrogen (secondary N) is 4. The molecule has 4 heterocycles. The van der Waals surface area contributed by atoms with E-state index in [1.807, 2.05) is 0 Å². The zero-order valence-corrected chi connectivity index (χ0v) is 21.3. The fraction of sp³-hybridized carbons (Fsp3) is 0.0909. The van der Waals surface area contributed by atoms with Gasteiger partial charge in [0.15, 0.2) is 0 Å². The van der Waals surface area contributed by atoms with Crippen LogP contribution >= 0.6 is 0 Å². The number of hydrogen-bond donors (Lipinski definition) is 4. The van der Waals surface area contributed by atoms with Gasteiger partial charge in [0.05, 0.1) is 37.2 Å². The van der Waals surface area contributed by atoms with Gasteiger partial charge in [-0.15, -0.1) is 0 Å². The van der Waals surface area contributed by atoms with Crippen LogP contribution in [0.3, 0.4) is 0 Å². The number of imidazole rings is 4. The first-order chi connectivity index (χ1) is 17.6. The monoisotopic (exact) mass is 591 g/mol. The van der Waals surface area contributed by atoms with E-state index >= 15 is 0 Å². The number of rotatable bonds is 6. The molecular formula is C22H29N8NiO8+. The number of hydrogen-bond acceptors (Lipinski definition) is 10. The van der Waals surface area contributed by atoms with Crippen LogP contribution in [0.2, 0.25) is 0 Å². The summed E-state index contributed by atoms with van der Waals surface area (Å²) < 4.78 is 9.62. The number of aromatic nitrogens is 8. The number of carboxylic acids is 2. The van der Waals surface area contributed by atoms with Crippen LogP contribution in [0.4, 0.5) is 0 Å². The number of carbonyl (C=O) groups is 2. The van der Waals surface area contributed by atoms with Crippen molar-refractivity contribution >= 4 is 11.9 Å². The normalized spacial score (nSPS) is 8.00. The van der Waals surface area contributed by atoms with Crippen LogP contribution in [0.15, 0.2) is 99.1 Å². The zero-order chi connectivity index (χ0) is 26.1. The van der Waals surface area contributed by atoms with Crippen LogP contribution < -0.4 is 19.7 Å². The number of H-pyrrole nitrogens is 4. The molecule has 0 saturated heterocycles. The van der Waals surface area contributed by atoms with Crippen molar-refractivity contribution in [1.29, 1.82) is 0 Å². The Balaban J connectivity index is -0.000000462. The van der Waals surface area contributed by atoms with E-state index in [9.17, 15) is 19.8 Å². The van der Waals surface area contributed by atoms with Crippen LogP contribution in [0, 0.1) is 0 Å². The van der Waals surface area contributed by atoms with E-state index < -0.39 is 25.2 Å². The fourth-order valence-electron chi connectivity index (χ4n) is 1.80. The summed E-state index contributed by atoms with van der Waals surface area (Å²) in [5.74, 6) is -2.19. The molecule has 0 unspecified atom stereocenters. The molecule has 0 atom stereocenters. The van der Waals surface area contributed by atoms with Gasteiger partial charge >= 0.3 is 16.5 Å². The first-order valence-corrected chi connectivity index (χ1v) is 10.0. The quantitative estimate of drug-likeness (QED) is 0.122. The maximum absolute atomic E-state index is 10.1. The van der Waals surface area contributed by atoms with Crippen molar-refractivity contribution in [1.82, 2.24) is 39.9 Å². The number of aliphatic carboxylic acids is 2. The van der Waals surface area contributed by atoms with E-state index in [0.717, 1.165) is 0 Å². The number of aromatic amines is 4. The van der Waals surface area contributed by atoms with Gasteiger partial charge in [-0.2, -0.15) is 0 Å². The van der Waals surface area contributed by atoms with Gasteiger partial charge in [-0.1, -0.05) is 6.07 Å². The molecule has 5 aromatic rings. The van der Waals surface area contributed by atoms with Gasteiger partial charge in [0, 0.05) is 55.6 Å². The Morgan fingerprint density at radius 2 is 0.974 bits per heavy atom. The molecule has 0 fully saturated rings. The van der Waals surface area contributed by atoms with Gasteiger partial charge in [-0.25, -0.2) is 19.9 Å². The third-order valence-corrected chi connectivity index (χ3v) is 3.14. The number of nitrogens with zero attached hydrogens (tertiary/aromatic N) is 4. The van der Waals surface area contributed by atoms with Crippen LogP contribution in [0.1, 0.15) is 0 Å². The van der Waals surface area contributed by atoms with E-state index in [1.54, 1.807) is 74.9 Å². The number of carboxylic acid groups (broad SMARTS) is 2. The molecule has 0 spiro atoms. The Kier molecular flexibility index (Phi) is 27.3. The first kappa shape index (κ1) is 38.5. The molecule has 214 valence electrons. The summed E-state index contributed by atoms with van der Waals surface area (Å²) in [5, 5.41) is 20.2. The third-order valence-electron chi connectivity index (χ3n) is 3.14. The van der Waals surface area contributed by atoms with Crippen molar-refractivity contribution in [3.8, 4) is 11.5 Å². The van der Waals surface area contributed by atoms with E-state index in [1.165, 1.54) is 24.3 Å². The molecule has 1 aromatic carbocycles. The minimum absolute atomic E-state index is 0. The average molecular weight is 592 g/mol. The van der Waals surface area contributed by atoms with Gasteiger partial charge in [-0.3, -0.25) is 0 Å². The number of benzene rings is 1. The summed E-state index contributed by atoms with van der Waals surface area (Å²) in [6, 6.07) is 5.92. The van der Waals surface area contributed by atoms with Crippen molar-refractivity contribution in [2.45, 2.75) is 0 Å². The molecule has 0 amide bonds. The van der Waals surface area contributed by atoms with Crippen LogP contribution in [0.25, 0.3) is 0 Å². The van der Waals surface area contributed by atoms with Gasteiger partial charge < -0.3 is 60.2 Å². The molecule has 39 heavy (non-hydrogen) atoms. The van der Waals surface area contributed by atoms with Crippen LogP contribution in [0.5, 0.6) is 11.5 Å². The smallest absolute Gasteiger partial charge is 0.546 e. The summed E-state index contributed by atoms with van der Waals surface area (Å²) in [6.07, 6.45) is 20.3. The van der Waals surface area contributed by atoms with Gasteiger partial charge in [0.2, 0.25) is 0 Å². The molecule has 0 bridgehead atoms. The third kappa shape index (κ3) is 25.9. The molecule has 0 aliphatic heterocycles. The fourth-order valence-corrected chi connectivity index (χ4v) is 1.80. The van der Waals surface area contributed by atoms with E-state index in [2.05, 4.69) is 39.9 Å². The molecular weight excluding hydrogens is 563 g/mol. The van der Waals surface area contributed by atoms with E-state index in [-0.39, 0.29) is 38.9 Å². The topological polar surface area (TPSA) is 278 Å². The summed E-state index contributed by atoms with van der Waals surface area (Å²) in [5.41, 5.74) is 0. The second-order valence-electron chi connectivity index (χ2n) is 5.84. The van der Waals surface area contributed by atoms with Gasteiger partial charge in [-0.05, 0) is 12.1 Å². The Hall–Kier alpha value is -4.99. The summed E-state index contributed by atoms with van der Waals surface area (Å²) in [7, 11) is 0. The standard InChI is InChI=1S/C10H10O6.4C3H4N2.Ni.2H2O/c11-9(12)5-15-7-2-1-3-8(4-7)16-6-10(13)14;4*1-2-5-3-4-1;;;/h1-4H,5-6H2,(H,11,12)(H,13,14);4*1-3H,(H,4,5);;2*1H2/q;;;;;+2;;/p-1. The van der Waals surface area contributed by atoms with Crippen molar-refractivity contribution < 1.29 is 56.7 Å². The minimum Gasteiger partial charge on any atom is -0.546 e. The Labute approximate surface area is 232 Å². The molecule has 4 aromatic heterocycles. The Morgan fingerprint density at radius 1 is 0.667 bits per heavy atom. The summed E-state index contributed by atoms with van der Waals surface area (Å²) >= 11 is 0. The minimum atomic E-state index is -1.35. The Bertz CT molecular complexity index is 906. The van der Waals surface area contributed by atoms with Crippen LogP contribution in [-0.4, -0.2) is 70.5 Å². The van der Waals surface area contributed by atoms with E-state index in [0.29, 0.717) is 0 Å². The summed E-state index contributed by atoms with van der Waals surface area (Å²) in [4.78, 5) is 45.9. The molecule has 0 saturated carbocycles. The number of carbonyl (C=O) groups excluding carboxylic acids is 2. The van der Waals surface area contributed by atoms with Crippen molar-refractivity contribution in [2.24, 2.45) is 0 Å². The summed E-state index contributed by atoms with van der Waals surface area (Å²) in [6.45, 7) is -1.16. The molecule has 0 aliphatic rings. The van der Waals surface area contributed by atoms with Gasteiger partial charge in [0.1, 0.15) is 24.7 Å². The molecule has 5 rings (SSSR count). The largest absolute Gasteiger partial charge is 2.00 e.